The third kappa shape index (κ3) is 5.19. The molecule has 0 aliphatic carbocycles. The van der Waals surface area contributed by atoms with E-state index in [1.807, 2.05) is 0 Å². The molecule has 1 aromatic heterocycles. The van der Waals surface area contributed by atoms with Crippen LogP contribution < -0.4 is 16.8 Å². The molecule has 1 heterocycles. The average molecular weight is 423 g/mol. The highest BCUT2D eigenvalue weighted by atomic mass is 79.9. The first kappa shape index (κ1) is 19.7. The summed E-state index contributed by atoms with van der Waals surface area (Å²) < 4.78 is 19.0. The van der Waals surface area contributed by atoms with Crippen LogP contribution in [0.5, 0.6) is 0 Å². The number of hydrogen-bond donors (Lipinski definition) is 3. The summed E-state index contributed by atoms with van der Waals surface area (Å²) in [7, 11) is 1.44. The van der Waals surface area contributed by atoms with Crippen LogP contribution >= 0.6 is 15.9 Å². The van der Waals surface area contributed by atoms with Gasteiger partial charge in [0.15, 0.2) is 5.76 Å². The van der Waals surface area contributed by atoms with Crippen molar-refractivity contribution in [2.45, 2.75) is 12.8 Å². The van der Waals surface area contributed by atoms with E-state index in [9.17, 15) is 9.18 Å². The van der Waals surface area contributed by atoms with Crippen LogP contribution in [0.15, 0.2) is 46.8 Å². The highest BCUT2D eigenvalue weighted by Gasteiger charge is 2.15. The third-order valence-electron chi connectivity index (χ3n) is 3.65. The third-order valence-corrected chi connectivity index (χ3v) is 4.33. The minimum atomic E-state index is -0.438. The molecule has 0 bridgehead atoms. The molecule has 6 nitrogen and oxygen atoms in total. The molecule has 0 fully saturated rings. The molecule has 0 atom stereocenters. The van der Waals surface area contributed by atoms with Crippen molar-refractivity contribution in [2.75, 3.05) is 19.4 Å². The number of anilines is 1. The number of aryl methyl sites for hydroxylation is 1. The van der Waals surface area contributed by atoms with Crippen molar-refractivity contribution in [3.05, 3.63) is 63.8 Å². The Balaban J connectivity index is 1.97. The average Bonchev–Trinajstić information content (AvgIpc) is 2.62. The molecule has 0 unspecified atom stereocenters. The summed E-state index contributed by atoms with van der Waals surface area (Å²) in [5.41, 5.74) is 13.6. The van der Waals surface area contributed by atoms with Crippen LogP contribution in [0.2, 0.25) is 0 Å². The number of benzene rings is 1. The van der Waals surface area contributed by atoms with Gasteiger partial charge in [0, 0.05) is 28.5 Å². The largest absolute Gasteiger partial charge is 0.494 e. The molecule has 1 aromatic carbocycles. The van der Waals surface area contributed by atoms with Crippen molar-refractivity contribution in [2.24, 2.45) is 5.73 Å². The topological polar surface area (TPSA) is 103 Å². The van der Waals surface area contributed by atoms with Gasteiger partial charge in [-0.15, -0.1) is 0 Å². The van der Waals surface area contributed by atoms with Crippen LogP contribution in [0.25, 0.3) is 5.76 Å². The molecule has 0 spiro atoms. The van der Waals surface area contributed by atoms with Gasteiger partial charge in [-0.2, -0.15) is 0 Å². The van der Waals surface area contributed by atoms with Crippen LogP contribution in [0.1, 0.15) is 17.5 Å². The highest BCUT2D eigenvalue weighted by Crippen LogP contribution is 2.26. The van der Waals surface area contributed by atoms with Crippen LogP contribution in [-0.2, 0) is 16.0 Å². The number of methoxy groups -OCH3 is 1. The molecule has 0 radical (unpaired) electrons. The van der Waals surface area contributed by atoms with Crippen molar-refractivity contribution in [1.82, 2.24) is 10.3 Å². The molecule has 2 rings (SSSR count). The van der Waals surface area contributed by atoms with Gasteiger partial charge in [-0.05, 0) is 58.6 Å². The summed E-state index contributed by atoms with van der Waals surface area (Å²) in [5, 5.41) is 2.73. The number of nitrogens with two attached hydrogens (primary N) is 2. The fourth-order valence-corrected chi connectivity index (χ4v) is 2.72. The smallest absolute Gasteiger partial charge is 0.271 e. The van der Waals surface area contributed by atoms with E-state index in [1.165, 1.54) is 13.2 Å². The van der Waals surface area contributed by atoms with E-state index in [0.29, 0.717) is 35.1 Å². The van der Waals surface area contributed by atoms with Gasteiger partial charge in [0.1, 0.15) is 11.5 Å². The van der Waals surface area contributed by atoms with Gasteiger partial charge in [0.2, 0.25) is 0 Å². The number of nitrogen functional groups attached to an aromatic ring is 1. The van der Waals surface area contributed by atoms with Crippen LogP contribution in [0, 0.1) is 5.82 Å². The highest BCUT2D eigenvalue weighted by molar-refractivity contribution is 9.10. The van der Waals surface area contributed by atoms with Crippen molar-refractivity contribution in [1.29, 1.82) is 0 Å². The number of halogens is 2. The zero-order valence-corrected chi connectivity index (χ0v) is 15.8. The van der Waals surface area contributed by atoms with Gasteiger partial charge in [-0.1, -0.05) is 0 Å². The number of carbonyl (C=O) groups is 1. The van der Waals surface area contributed by atoms with Gasteiger partial charge in [0.05, 0.1) is 13.3 Å². The van der Waals surface area contributed by atoms with Crippen LogP contribution in [0.3, 0.4) is 0 Å². The van der Waals surface area contributed by atoms with Crippen LogP contribution in [0.4, 0.5) is 10.1 Å². The summed E-state index contributed by atoms with van der Waals surface area (Å²) in [4.78, 5) is 16.0. The van der Waals surface area contributed by atoms with Crippen LogP contribution in [-0.4, -0.2) is 24.5 Å². The Morgan fingerprint density at radius 3 is 2.77 bits per heavy atom. The number of nitrogens with zero attached hydrogens (tertiary/aromatic N) is 1. The lowest BCUT2D eigenvalue weighted by molar-refractivity contribution is -0.117. The normalized spacial score (nSPS) is 11.7. The number of amides is 1. The molecule has 2 aromatic rings. The van der Waals surface area contributed by atoms with E-state index in [4.69, 9.17) is 16.2 Å². The molecule has 0 saturated heterocycles. The Labute approximate surface area is 159 Å². The molecule has 138 valence electrons. The molecule has 1 amide bonds. The molecule has 5 N–H and O–H groups in total. The van der Waals surface area contributed by atoms with Crippen molar-refractivity contribution >= 4 is 33.3 Å². The Hall–Kier alpha value is -2.61. The predicted molar refractivity (Wildman–Crippen MR) is 102 cm³/mol. The Kier molecular flexibility index (Phi) is 6.97. The first-order chi connectivity index (χ1) is 12.4. The fourth-order valence-electron chi connectivity index (χ4n) is 2.34. The van der Waals surface area contributed by atoms with Gasteiger partial charge < -0.3 is 21.5 Å². The summed E-state index contributed by atoms with van der Waals surface area (Å²) in [6.07, 6.45) is 3.97. The summed E-state index contributed by atoms with van der Waals surface area (Å²) in [5.74, 6) is -0.553. The molecule has 26 heavy (non-hydrogen) atoms. The van der Waals surface area contributed by atoms with Crippen molar-refractivity contribution in [3.63, 3.8) is 0 Å². The molecule has 0 aliphatic rings. The Bertz CT molecular complexity index is 827. The summed E-state index contributed by atoms with van der Waals surface area (Å²) in [6.45, 7) is 0.387. The van der Waals surface area contributed by atoms with Gasteiger partial charge in [-0.3, -0.25) is 9.78 Å². The standard InChI is InChI=1S/C18H20BrFN4O2/c1-26-17(12-4-5-15(21)14(19)8-12)16(22)18(25)24-6-2-3-11-7-13(20)10-23-9-11/h4-5,7-10H,2-3,6,21-22H2,1H3,(H,24,25)/b17-16-. The maximum absolute atomic E-state index is 13.1. The zero-order valence-electron chi connectivity index (χ0n) is 14.3. The molecule has 0 aliphatic heterocycles. The number of rotatable bonds is 7. The van der Waals surface area contributed by atoms with Gasteiger partial charge >= 0.3 is 0 Å². The summed E-state index contributed by atoms with van der Waals surface area (Å²) in [6, 6.07) is 6.56. The Morgan fingerprint density at radius 1 is 1.35 bits per heavy atom. The number of aromatic nitrogens is 1. The number of hydrogen-bond acceptors (Lipinski definition) is 5. The zero-order chi connectivity index (χ0) is 19.1. The second-order valence-electron chi connectivity index (χ2n) is 5.55. The van der Waals surface area contributed by atoms with E-state index >= 15 is 0 Å². The Morgan fingerprint density at radius 2 is 2.12 bits per heavy atom. The lowest BCUT2D eigenvalue weighted by Gasteiger charge is -2.12. The molecular weight excluding hydrogens is 403 g/mol. The van der Waals surface area contributed by atoms with Gasteiger partial charge in [0.25, 0.3) is 5.91 Å². The number of pyridine rings is 1. The monoisotopic (exact) mass is 422 g/mol. The second-order valence-corrected chi connectivity index (χ2v) is 6.41. The van der Waals surface area contributed by atoms with Gasteiger partial charge in [-0.25, -0.2) is 4.39 Å². The second kappa shape index (κ2) is 9.19. The predicted octanol–water partition coefficient (Wildman–Crippen LogP) is 2.59. The number of ether oxygens (including phenoxy) is 1. The number of carbonyl (C=O) groups excluding carboxylic acids is 1. The first-order valence-electron chi connectivity index (χ1n) is 7.89. The minimum absolute atomic E-state index is 0.0309. The van der Waals surface area contributed by atoms with E-state index in [0.717, 1.165) is 11.8 Å². The maximum Gasteiger partial charge on any atom is 0.271 e. The van der Waals surface area contributed by atoms with E-state index in [-0.39, 0.29) is 17.3 Å². The fraction of sp³-hybridized carbons (Fsp3) is 0.222. The van der Waals surface area contributed by atoms with E-state index in [2.05, 4.69) is 26.2 Å². The van der Waals surface area contributed by atoms with E-state index < -0.39 is 5.91 Å². The number of nitrogens with one attached hydrogen (secondary N) is 1. The lowest BCUT2D eigenvalue weighted by atomic mass is 10.1. The SMILES string of the molecule is CO/C(=C(\N)C(=O)NCCCc1cncc(F)c1)c1ccc(N)c(Br)c1. The van der Waals surface area contributed by atoms with E-state index in [1.54, 1.807) is 24.4 Å². The molecular formula is C18H20BrFN4O2. The minimum Gasteiger partial charge on any atom is -0.494 e. The first-order valence-corrected chi connectivity index (χ1v) is 8.68. The van der Waals surface area contributed by atoms with Crippen molar-refractivity contribution < 1.29 is 13.9 Å². The maximum atomic E-state index is 13.1. The molecule has 0 saturated carbocycles. The lowest BCUT2D eigenvalue weighted by Crippen LogP contribution is -2.30. The van der Waals surface area contributed by atoms with Crippen molar-refractivity contribution in [3.8, 4) is 0 Å². The summed E-state index contributed by atoms with van der Waals surface area (Å²) >= 11 is 3.33. The quantitative estimate of drug-likeness (QED) is 0.275. The molecule has 8 heteroatoms.